The molecule has 0 atom stereocenters. The van der Waals surface area contributed by atoms with Gasteiger partial charge in [-0.05, 0) is 47.8 Å². The van der Waals surface area contributed by atoms with Crippen LogP contribution in [0.4, 0.5) is 11.6 Å². The molecule has 0 unspecified atom stereocenters. The van der Waals surface area contributed by atoms with Gasteiger partial charge in [-0.15, -0.1) is 0 Å². The molecule has 3 nitrogen and oxygen atoms in total. The summed E-state index contributed by atoms with van der Waals surface area (Å²) in [7, 11) is 0. The molecule has 2 heterocycles. The Morgan fingerprint density at radius 3 is 2.60 bits per heavy atom. The Labute approximate surface area is 127 Å². The van der Waals surface area contributed by atoms with Crippen molar-refractivity contribution in [1.29, 1.82) is 0 Å². The first-order valence-electron chi connectivity index (χ1n) is 6.87. The van der Waals surface area contributed by atoms with Gasteiger partial charge in [0.05, 0.1) is 16.4 Å². The Bertz CT molecular complexity index is 610. The Hall–Kier alpha value is -1.55. The van der Waals surface area contributed by atoms with Crippen molar-refractivity contribution >= 4 is 33.7 Å². The Kier molecular flexibility index (Phi) is 3.92. The van der Waals surface area contributed by atoms with Crippen LogP contribution in [0.15, 0.2) is 44.2 Å². The molecule has 0 aliphatic carbocycles. The lowest BCUT2D eigenvalue weighted by atomic mass is 10.2. The number of hydrogen-bond acceptors (Lipinski definition) is 3. The lowest BCUT2D eigenvalue weighted by molar-refractivity contribution is 0.549. The third kappa shape index (κ3) is 2.96. The molecule has 1 fully saturated rings. The van der Waals surface area contributed by atoms with E-state index in [4.69, 9.17) is 4.42 Å². The summed E-state index contributed by atoms with van der Waals surface area (Å²) in [4.78, 5) is 6.71. The maximum atomic E-state index is 5.87. The average Bonchev–Trinajstić information content (AvgIpc) is 3.07. The second-order valence-corrected chi connectivity index (χ2v) is 5.94. The van der Waals surface area contributed by atoms with E-state index in [0.717, 1.165) is 34.9 Å². The third-order valence-electron chi connectivity index (χ3n) is 3.46. The van der Waals surface area contributed by atoms with E-state index in [0.29, 0.717) is 0 Å². The number of halogens is 1. The molecule has 20 heavy (non-hydrogen) atoms. The lowest BCUT2D eigenvalue weighted by Gasteiger charge is -2.13. The molecule has 0 radical (unpaired) electrons. The van der Waals surface area contributed by atoms with Crippen molar-refractivity contribution in [1.82, 2.24) is 0 Å². The highest BCUT2D eigenvalue weighted by molar-refractivity contribution is 9.10. The smallest absolute Gasteiger partial charge is 0.210 e. The molecule has 0 amide bonds. The largest absolute Gasteiger partial charge is 0.438 e. The quantitative estimate of drug-likeness (QED) is 0.762. The number of aliphatic imine (C=N–C) groups is 1. The number of anilines is 1. The molecule has 3 rings (SSSR count). The summed E-state index contributed by atoms with van der Waals surface area (Å²) in [6.45, 7) is 4.21. The maximum Gasteiger partial charge on any atom is 0.210 e. The molecule has 1 aromatic heterocycles. The fourth-order valence-electron chi connectivity index (χ4n) is 2.34. The van der Waals surface area contributed by atoms with E-state index in [-0.39, 0.29) is 0 Å². The Balaban J connectivity index is 1.77. The zero-order valence-corrected chi connectivity index (χ0v) is 13.1. The van der Waals surface area contributed by atoms with Crippen molar-refractivity contribution in [3.8, 4) is 0 Å². The van der Waals surface area contributed by atoms with Crippen LogP contribution in [0.1, 0.15) is 24.2 Å². The molecular weight excluding hydrogens is 316 g/mol. The molecule has 1 aliphatic heterocycles. The molecule has 0 saturated carbocycles. The summed E-state index contributed by atoms with van der Waals surface area (Å²) in [6, 6.07) is 10.1. The van der Waals surface area contributed by atoms with Crippen molar-refractivity contribution < 1.29 is 4.42 Å². The van der Waals surface area contributed by atoms with Gasteiger partial charge in [0.25, 0.3) is 0 Å². The average molecular weight is 333 g/mol. The van der Waals surface area contributed by atoms with E-state index in [1.54, 1.807) is 6.21 Å². The van der Waals surface area contributed by atoms with Crippen LogP contribution in [0.3, 0.4) is 0 Å². The highest BCUT2D eigenvalue weighted by Gasteiger charge is 2.19. The predicted molar refractivity (Wildman–Crippen MR) is 86.3 cm³/mol. The van der Waals surface area contributed by atoms with E-state index in [1.165, 1.54) is 18.4 Å². The number of furan rings is 1. The molecule has 4 heteroatoms. The monoisotopic (exact) mass is 332 g/mol. The first kappa shape index (κ1) is 13.4. The minimum absolute atomic E-state index is 0.777. The second-order valence-electron chi connectivity index (χ2n) is 5.09. The summed E-state index contributed by atoms with van der Waals surface area (Å²) in [5.41, 5.74) is 2.17. The molecular formula is C16H17BrN2O. The van der Waals surface area contributed by atoms with Gasteiger partial charge in [0, 0.05) is 19.2 Å². The topological polar surface area (TPSA) is 28.7 Å². The van der Waals surface area contributed by atoms with Gasteiger partial charge >= 0.3 is 0 Å². The summed E-state index contributed by atoms with van der Waals surface area (Å²) >= 11 is 3.57. The molecule has 0 bridgehead atoms. The van der Waals surface area contributed by atoms with Crippen molar-refractivity contribution in [2.24, 2.45) is 4.99 Å². The highest BCUT2D eigenvalue weighted by Crippen LogP contribution is 2.32. The number of hydrogen-bond donors (Lipinski definition) is 0. The van der Waals surface area contributed by atoms with Gasteiger partial charge in [0.2, 0.25) is 5.88 Å². The van der Waals surface area contributed by atoms with Crippen molar-refractivity contribution in [3.05, 3.63) is 46.1 Å². The molecule has 1 aliphatic rings. The molecule has 104 valence electrons. The van der Waals surface area contributed by atoms with Gasteiger partial charge in [0.15, 0.2) is 0 Å². The van der Waals surface area contributed by atoms with Crippen molar-refractivity contribution in [2.45, 2.75) is 19.8 Å². The SMILES string of the molecule is Cc1ccc(N=Cc2cc(Br)c(N3CCCC3)o2)cc1. The lowest BCUT2D eigenvalue weighted by Crippen LogP contribution is -2.17. The second kappa shape index (κ2) is 5.83. The summed E-state index contributed by atoms with van der Waals surface area (Å²) in [5, 5.41) is 0. The zero-order valence-electron chi connectivity index (χ0n) is 11.5. The standard InChI is InChI=1S/C16H17BrN2O/c1-12-4-6-13(7-5-12)18-11-14-10-15(17)16(20-14)19-8-2-3-9-19/h4-7,10-11H,2-3,8-9H2,1H3. The van der Waals surface area contributed by atoms with E-state index in [1.807, 2.05) is 18.2 Å². The third-order valence-corrected chi connectivity index (χ3v) is 4.02. The van der Waals surface area contributed by atoms with Crippen LogP contribution in [-0.4, -0.2) is 19.3 Å². The van der Waals surface area contributed by atoms with Gasteiger partial charge in [-0.2, -0.15) is 0 Å². The maximum absolute atomic E-state index is 5.87. The molecule has 0 N–H and O–H groups in total. The van der Waals surface area contributed by atoms with E-state index in [2.05, 4.69) is 44.9 Å². The fourth-order valence-corrected chi connectivity index (χ4v) is 2.90. The van der Waals surface area contributed by atoms with Crippen LogP contribution in [0.5, 0.6) is 0 Å². The van der Waals surface area contributed by atoms with E-state index < -0.39 is 0 Å². The minimum atomic E-state index is 0.777. The number of nitrogens with zero attached hydrogens (tertiary/aromatic N) is 2. The van der Waals surface area contributed by atoms with E-state index >= 15 is 0 Å². The van der Waals surface area contributed by atoms with Crippen LogP contribution in [0.2, 0.25) is 0 Å². The van der Waals surface area contributed by atoms with Gasteiger partial charge in [-0.1, -0.05) is 17.7 Å². The Morgan fingerprint density at radius 1 is 1.20 bits per heavy atom. The van der Waals surface area contributed by atoms with Gasteiger partial charge in [-0.3, -0.25) is 4.99 Å². The van der Waals surface area contributed by atoms with Crippen LogP contribution in [0, 0.1) is 6.92 Å². The summed E-state index contributed by atoms with van der Waals surface area (Å²) in [5.74, 6) is 1.70. The van der Waals surface area contributed by atoms with Gasteiger partial charge in [0.1, 0.15) is 5.76 Å². The molecule has 1 aromatic carbocycles. The van der Waals surface area contributed by atoms with Crippen LogP contribution < -0.4 is 4.90 Å². The molecule has 1 saturated heterocycles. The molecule has 2 aromatic rings. The summed E-state index contributed by atoms with van der Waals surface area (Å²) in [6.07, 6.45) is 4.24. The van der Waals surface area contributed by atoms with Gasteiger partial charge in [-0.25, -0.2) is 0 Å². The van der Waals surface area contributed by atoms with Crippen LogP contribution >= 0.6 is 15.9 Å². The number of aryl methyl sites for hydroxylation is 1. The van der Waals surface area contributed by atoms with Crippen LogP contribution in [-0.2, 0) is 0 Å². The van der Waals surface area contributed by atoms with E-state index in [9.17, 15) is 0 Å². The number of rotatable bonds is 3. The first-order valence-corrected chi connectivity index (χ1v) is 7.67. The number of benzene rings is 1. The fraction of sp³-hybridized carbons (Fsp3) is 0.312. The predicted octanol–water partition coefficient (Wildman–Crippen LogP) is 4.70. The van der Waals surface area contributed by atoms with Crippen molar-refractivity contribution in [3.63, 3.8) is 0 Å². The zero-order chi connectivity index (χ0) is 13.9. The summed E-state index contributed by atoms with van der Waals surface area (Å²) < 4.78 is 6.88. The molecule has 0 spiro atoms. The highest BCUT2D eigenvalue weighted by atomic mass is 79.9. The minimum Gasteiger partial charge on any atom is -0.438 e. The first-order chi connectivity index (χ1) is 9.72. The van der Waals surface area contributed by atoms with Crippen molar-refractivity contribution in [2.75, 3.05) is 18.0 Å². The Morgan fingerprint density at radius 2 is 1.90 bits per heavy atom. The van der Waals surface area contributed by atoms with Gasteiger partial charge < -0.3 is 9.32 Å². The normalized spacial score (nSPS) is 15.4. The van der Waals surface area contributed by atoms with Crippen LogP contribution in [0.25, 0.3) is 0 Å².